The third kappa shape index (κ3) is 33.1. The first-order valence-corrected chi connectivity index (χ1v) is 35.1. The van der Waals surface area contributed by atoms with Crippen LogP contribution in [-0.2, 0) is 80.0 Å². The number of hydrogen-bond donors (Lipinski definition) is 20. The molecule has 3 rings (SSSR count). The van der Waals surface area contributed by atoms with Crippen LogP contribution in [0.3, 0.4) is 0 Å². The lowest BCUT2D eigenvalue weighted by atomic mass is 9.99. The number of amides is 12. The van der Waals surface area contributed by atoms with Crippen LogP contribution in [-0.4, -0.2) is 231 Å². The minimum atomic E-state index is -1.81. The number of nitrogens with one attached hydrogen (secondary N) is 12. The molecule has 2 heterocycles. The first kappa shape index (κ1) is 88.3. The number of nitrogens with two attached hydrogens (primary N) is 5. The zero-order valence-corrected chi connectivity index (χ0v) is 60.2. The molecule has 37 nitrogen and oxygen atoms in total. The molecule has 0 radical (unpaired) electrons. The van der Waals surface area contributed by atoms with E-state index in [1.54, 1.807) is 71.9 Å². The van der Waals surface area contributed by atoms with Crippen LogP contribution in [0.1, 0.15) is 143 Å². The quantitative estimate of drug-likeness (QED) is 0.0168. The van der Waals surface area contributed by atoms with Crippen LogP contribution in [0.5, 0.6) is 0 Å². The van der Waals surface area contributed by atoms with E-state index in [1.165, 1.54) is 12.5 Å². The average molecular weight is 1470 g/mol. The number of rotatable bonds is 49. The molecule has 0 unspecified atom stereocenters. The highest BCUT2D eigenvalue weighted by atomic mass is 16.4. The number of benzene rings is 1. The highest BCUT2D eigenvalue weighted by Crippen LogP contribution is 2.21. The van der Waals surface area contributed by atoms with E-state index in [-0.39, 0.29) is 127 Å². The molecule has 37 heteroatoms. The molecule has 1 saturated heterocycles. The second-order valence-corrected chi connectivity index (χ2v) is 26.9. The Kier molecular flexibility index (Phi) is 39.6. The van der Waals surface area contributed by atoms with E-state index in [4.69, 9.17) is 28.7 Å². The van der Waals surface area contributed by atoms with Crippen LogP contribution in [0.2, 0.25) is 0 Å². The van der Waals surface area contributed by atoms with Crippen LogP contribution < -0.4 is 87.2 Å². The van der Waals surface area contributed by atoms with Crippen LogP contribution in [0, 0.1) is 17.8 Å². The largest absolute Gasteiger partial charge is 0.481 e. The minimum Gasteiger partial charge on any atom is -0.481 e. The summed E-state index contributed by atoms with van der Waals surface area (Å²) in [5.41, 5.74) is 29.7. The number of unbranched alkanes of at least 4 members (excludes halogenated alkanes) is 2. The molecule has 12 amide bonds. The molecule has 0 spiro atoms. The van der Waals surface area contributed by atoms with Crippen molar-refractivity contribution in [3.63, 3.8) is 0 Å². The fourth-order valence-corrected chi connectivity index (χ4v) is 11.2. The van der Waals surface area contributed by atoms with Gasteiger partial charge in [-0.1, -0.05) is 71.9 Å². The van der Waals surface area contributed by atoms with Crippen molar-refractivity contribution in [1.82, 2.24) is 73.4 Å². The molecule has 11 atom stereocenters. The number of guanidine groups is 1. The Balaban J connectivity index is 1.76. The van der Waals surface area contributed by atoms with Gasteiger partial charge < -0.3 is 112 Å². The summed E-state index contributed by atoms with van der Waals surface area (Å²) in [6.45, 7) is 8.79. The summed E-state index contributed by atoms with van der Waals surface area (Å²) in [4.78, 5) is 202. The van der Waals surface area contributed by atoms with E-state index < -0.39 is 175 Å². The minimum absolute atomic E-state index is 0.00337. The summed E-state index contributed by atoms with van der Waals surface area (Å²) in [6, 6.07) is -6.63. The second kappa shape index (κ2) is 46.7. The number of imidazole rings is 1. The molecule has 0 bridgehead atoms. The number of aliphatic hydroxyl groups excluding tert-OH is 1. The molecule has 2 aromatic rings. The molecule has 0 aliphatic carbocycles. The standard InChI is InChI=1S/C67H110N20O17/c1-37(2)26-46(81-61(98)48(28-39(5)6)83-59(96)43(18-10-12-22-68)78-53(89)33-75-58(95)47(27-38(3)4)82-63(100)51(35-88)86-56(93)42(70)30-41-32-73-36-77-41)57(94)76-34-54(90)79-45(20-14-24-74-67(71)72)65(102)87-25-15-21-52(87)64(101)84-49(31-55(91)92)62(99)80-44(19-11-13-23-69)60(97)85-50(66(103)104)29-40-16-8-7-9-17-40/h7-9,16-17,32,36-39,42-52,88H,10-15,18-31,33-35,68-70H2,1-6H3,(H,73,77)(H,75,95)(H,76,94)(H,78,89)(H,79,90)(H,80,99)(H,81,98)(H,82,100)(H,83,96)(H,84,101)(H,85,97)(H,86,93)(H,91,92)(H,103,104)(H4,71,72,74)/t42-,43-,44-,45-,46-,47-,48-,49-,50-,51-,52-/m0/s1. The second-order valence-electron chi connectivity index (χ2n) is 26.9. The number of carboxylic acid groups (broad SMARTS) is 2. The third-order valence-electron chi connectivity index (χ3n) is 16.5. The lowest BCUT2D eigenvalue weighted by Gasteiger charge is -2.30. The van der Waals surface area contributed by atoms with Gasteiger partial charge in [-0.15, -0.1) is 0 Å². The van der Waals surface area contributed by atoms with Crippen molar-refractivity contribution in [3.8, 4) is 0 Å². The first-order valence-electron chi connectivity index (χ1n) is 35.1. The van der Waals surface area contributed by atoms with E-state index in [1.807, 2.05) is 0 Å². The van der Waals surface area contributed by atoms with Crippen LogP contribution in [0.25, 0.3) is 0 Å². The van der Waals surface area contributed by atoms with Gasteiger partial charge in [0, 0.05) is 37.8 Å². The van der Waals surface area contributed by atoms with Crippen molar-refractivity contribution >= 4 is 88.8 Å². The van der Waals surface area contributed by atoms with Crippen LogP contribution in [0.4, 0.5) is 0 Å². The molecular weight excluding hydrogens is 1360 g/mol. The van der Waals surface area contributed by atoms with Crippen LogP contribution >= 0.6 is 0 Å². The van der Waals surface area contributed by atoms with E-state index in [0.717, 1.165) is 4.90 Å². The molecular formula is C67H110N20O17. The number of aliphatic hydroxyl groups is 1. The molecule has 1 fully saturated rings. The number of carbonyl (C=O) groups excluding carboxylic acids is 12. The number of nitrogens with zero attached hydrogens (tertiary/aromatic N) is 3. The first-order chi connectivity index (χ1) is 49.3. The number of hydrogen-bond acceptors (Lipinski definition) is 20. The molecule has 0 saturated carbocycles. The van der Waals surface area contributed by atoms with Gasteiger partial charge in [-0.05, 0) is 120 Å². The fraction of sp³-hybridized carbons (Fsp3) is 0.642. The zero-order valence-electron chi connectivity index (χ0n) is 60.2. The third-order valence-corrected chi connectivity index (χ3v) is 16.5. The van der Waals surface area contributed by atoms with E-state index >= 15 is 0 Å². The van der Waals surface area contributed by atoms with Gasteiger partial charge in [-0.3, -0.25) is 67.3 Å². The summed E-state index contributed by atoms with van der Waals surface area (Å²) < 4.78 is 0. The SMILES string of the molecule is CC(C)C[C@H](NC(=O)[C@H](CC(C)C)NC(=O)[C@H](CCCCN)NC(=O)CNC(=O)[C@H](CC(C)C)NC(=O)[C@H](CO)NC(=O)[C@@H](N)Cc1cnc[nH]1)C(=O)NCC(=O)N[C@@H](CCCN=C(N)N)C(=O)N1CCC[C@H]1C(=O)N[C@@H](CC(=O)O)C(=O)N[C@@H](CCCCN)C(=O)N[C@@H](Cc1ccccc1)C(=O)O. The number of aliphatic imine (C=N–C) groups is 1. The van der Waals surface area contributed by atoms with Crippen molar-refractivity contribution in [2.45, 2.75) is 211 Å². The normalized spacial score (nSPS) is 15.5. The molecule has 580 valence electrons. The van der Waals surface area contributed by atoms with Gasteiger partial charge in [0.15, 0.2) is 5.96 Å². The number of carboxylic acids is 2. The molecule has 25 N–H and O–H groups in total. The Bertz CT molecular complexity index is 3170. The molecule has 1 aliphatic heterocycles. The van der Waals surface area contributed by atoms with Gasteiger partial charge in [0.25, 0.3) is 0 Å². The summed E-state index contributed by atoms with van der Waals surface area (Å²) >= 11 is 0. The van der Waals surface area contributed by atoms with Gasteiger partial charge in [-0.25, -0.2) is 9.78 Å². The number of carbonyl (C=O) groups is 14. The Morgan fingerprint density at radius 1 is 0.558 bits per heavy atom. The van der Waals surface area contributed by atoms with E-state index in [9.17, 15) is 82.4 Å². The van der Waals surface area contributed by atoms with Crippen molar-refractivity contribution in [1.29, 1.82) is 0 Å². The van der Waals surface area contributed by atoms with Crippen molar-refractivity contribution in [3.05, 3.63) is 54.1 Å². The zero-order chi connectivity index (χ0) is 77.6. The topological polar surface area (TPSA) is 606 Å². The number of aromatic nitrogens is 2. The fourth-order valence-electron chi connectivity index (χ4n) is 11.2. The highest BCUT2D eigenvalue weighted by molar-refractivity contribution is 5.99. The maximum Gasteiger partial charge on any atom is 0.326 e. The Morgan fingerprint density at radius 3 is 1.50 bits per heavy atom. The van der Waals surface area contributed by atoms with Crippen molar-refractivity contribution < 1.29 is 82.4 Å². The molecule has 104 heavy (non-hydrogen) atoms. The number of aliphatic carboxylic acids is 2. The Hall–Kier alpha value is -9.88. The lowest BCUT2D eigenvalue weighted by Crippen LogP contribution is -2.59. The van der Waals surface area contributed by atoms with E-state index in [0.29, 0.717) is 30.5 Å². The van der Waals surface area contributed by atoms with Gasteiger partial charge in [0.05, 0.1) is 38.5 Å². The van der Waals surface area contributed by atoms with Gasteiger partial charge in [0.2, 0.25) is 70.9 Å². The van der Waals surface area contributed by atoms with Crippen molar-refractivity contribution in [2.24, 2.45) is 51.4 Å². The summed E-state index contributed by atoms with van der Waals surface area (Å²) in [7, 11) is 0. The van der Waals surface area contributed by atoms with Gasteiger partial charge >= 0.3 is 11.9 Å². The smallest absolute Gasteiger partial charge is 0.326 e. The maximum absolute atomic E-state index is 14.6. The number of aromatic amines is 1. The summed E-state index contributed by atoms with van der Waals surface area (Å²) in [5.74, 6) is -14.1. The Morgan fingerprint density at radius 2 is 1.02 bits per heavy atom. The van der Waals surface area contributed by atoms with Crippen molar-refractivity contribution in [2.75, 3.05) is 45.9 Å². The predicted molar refractivity (Wildman–Crippen MR) is 380 cm³/mol. The lowest BCUT2D eigenvalue weighted by molar-refractivity contribution is -0.144. The monoisotopic (exact) mass is 1470 g/mol. The summed E-state index contributed by atoms with van der Waals surface area (Å²) in [6.07, 6.45) is 3.71. The van der Waals surface area contributed by atoms with Gasteiger partial charge in [0.1, 0.15) is 60.4 Å². The molecule has 1 aromatic carbocycles. The van der Waals surface area contributed by atoms with Gasteiger partial charge in [-0.2, -0.15) is 0 Å². The number of likely N-dealkylation sites (tertiary alicyclic amines) is 1. The van der Waals surface area contributed by atoms with Crippen LogP contribution in [0.15, 0.2) is 47.8 Å². The summed E-state index contributed by atoms with van der Waals surface area (Å²) in [5, 5.41) is 57.7. The average Bonchev–Trinajstić information content (AvgIpc) is 1.61. The predicted octanol–water partition coefficient (Wildman–Crippen LogP) is -4.89. The molecule has 1 aliphatic rings. The highest BCUT2D eigenvalue weighted by Gasteiger charge is 2.41. The maximum atomic E-state index is 14.6. The van der Waals surface area contributed by atoms with E-state index in [2.05, 4.69) is 73.4 Å². The molecule has 1 aromatic heterocycles. The number of H-pyrrole nitrogens is 1. The Labute approximate surface area is 604 Å².